The summed E-state index contributed by atoms with van der Waals surface area (Å²) in [6.45, 7) is 15.1. The van der Waals surface area contributed by atoms with E-state index in [1.54, 1.807) is 0 Å². The second kappa shape index (κ2) is 7.41. The number of carbonyl (C=O) groups excluding carboxylic acids is 1. The maximum Gasteiger partial charge on any atom is 0.326 e. The number of rotatable bonds is 8. The Hall–Kier alpha value is -0.610. The van der Waals surface area contributed by atoms with Gasteiger partial charge in [0.1, 0.15) is 5.54 Å². The Labute approximate surface area is 124 Å². The van der Waals surface area contributed by atoms with Crippen molar-refractivity contribution in [2.45, 2.75) is 59.4 Å². The molecule has 1 unspecified atom stereocenters. The van der Waals surface area contributed by atoms with Crippen LogP contribution in [0.5, 0.6) is 0 Å². The molecule has 0 aliphatic heterocycles. The van der Waals surface area contributed by atoms with Gasteiger partial charge >= 0.3 is 5.97 Å². The van der Waals surface area contributed by atoms with E-state index in [-0.39, 0.29) is 11.4 Å². The Morgan fingerprint density at radius 2 is 1.85 bits per heavy atom. The number of carbonyl (C=O) groups is 1. The molecule has 4 nitrogen and oxygen atoms in total. The molecule has 0 heterocycles. The van der Waals surface area contributed by atoms with Crippen LogP contribution in [0.4, 0.5) is 0 Å². The van der Waals surface area contributed by atoms with Crippen LogP contribution in [0.25, 0.3) is 0 Å². The normalized spacial score (nSPS) is 25.1. The number of hydrogen-bond donors (Lipinski definition) is 1. The van der Waals surface area contributed by atoms with Crippen molar-refractivity contribution >= 4 is 5.97 Å². The first-order valence-electron chi connectivity index (χ1n) is 8.03. The molecule has 1 aliphatic rings. The molecule has 1 aliphatic carbocycles. The summed E-state index contributed by atoms with van der Waals surface area (Å²) >= 11 is 0. The van der Waals surface area contributed by atoms with Gasteiger partial charge in [-0.05, 0) is 44.7 Å². The predicted octanol–water partition coefficient (Wildman–Crippen LogP) is 2.43. The average molecular weight is 284 g/mol. The summed E-state index contributed by atoms with van der Waals surface area (Å²) in [7, 11) is 0. The van der Waals surface area contributed by atoms with Crippen LogP contribution in [-0.4, -0.2) is 49.2 Å². The highest BCUT2D eigenvalue weighted by Gasteiger charge is 2.49. The van der Waals surface area contributed by atoms with Gasteiger partial charge in [-0.3, -0.25) is 4.79 Å². The molecule has 118 valence electrons. The smallest absolute Gasteiger partial charge is 0.326 e. The highest BCUT2D eigenvalue weighted by atomic mass is 16.5. The molecule has 0 radical (unpaired) electrons. The summed E-state index contributed by atoms with van der Waals surface area (Å²) in [5.74, 6) is -0.0647. The third-order valence-electron chi connectivity index (χ3n) is 4.46. The van der Waals surface area contributed by atoms with Crippen LogP contribution in [0.1, 0.15) is 53.9 Å². The molecule has 0 bridgehead atoms. The average Bonchev–Trinajstić information content (AvgIpc) is 2.72. The number of ether oxygens (including phenoxy) is 1. The highest BCUT2D eigenvalue weighted by molar-refractivity contribution is 5.81. The zero-order valence-corrected chi connectivity index (χ0v) is 13.9. The molecule has 0 saturated heterocycles. The Morgan fingerprint density at radius 3 is 2.30 bits per heavy atom. The summed E-state index contributed by atoms with van der Waals surface area (Å²) in [5, 5.41) is 3.52. The Bertz CT molecular complexity index is 314. The zero-order chi connectivity index (χ0) is 15.2. The molecular weight excluding hydrogens is 252 g/mol. The fourth-order valence-corrected chi connectivity index (χ4v) is 3.21. The summed E-state index contributed by atoms with van der Waals surface area (Å²) in [6, 6.07) is 0. The third-order valence-corrected chi connectivity index (χ3v) is 4.46. The molecule has 0 aromatic carbocycles. The van der Waals surface area contributed by atoms with Crippen LogP contribution >= 0.6 is 0 Å². The third kappa shape index (κ3) is 4.45. The Morgan fingerprint density at radius 1 is 1.20 bits per heavy atom. The summed E-state index contributed by atoms with van der Waals surface area (Å²) in [5.41, 5.74) is -0.248. The van der Waals surface area contributed by atoms with Crippen molar-refractivity contribution in [3.8, 4) is 0 Å². The van der Waals surface area contributed by atoms with Crippen molar-refractivity contribution in [2.24, 2.45) is 5.41 Å². The van der Waals surface area contributed by atoms with E-state index in [1.807, 2.05) is 6.92 Å². The van der Waals surface area contributed by atoms with E-state index in [0.717, 1.165) is 45.4 Å². The van der Waals surface area contributed by atoms with E-state index in [1.165, 1.54) is 0 Å². The lowest BCUT2D eigenvalue weighted by molar-refractivity contribution is -0.151. The van der Waals surface area contributed by atoms with Gasteiger partial charge in [0.25, 0.3) is 0 Å². The van der Waals surface area contributed by atoms with Crippen molar-refractivity contribution in [2.75, 3.05) is 32.8 Å². The van der Waals surface area contributed by atoms with E-state index >= 15 is 0 Å². The molecule has 0 spiro atoms. The van der Waals surface area contributed by atoms with Crippen molar-refractivity contribution < 1.29 is 9.53 Å². The van der Waals surface area contributed by atoms with Gasteiger partial charge in [-0.2, -0.15) is 0 Å². The molecule has 1 rings (SSSR count). The Kier molecular flexibility index (Phi) is 6.46. The van der Waals surface area contributed by atoms with Gasteiger partial charge in [0.15, 0.2) is 0 Å². The second-order valence-corrected chi connectivity index (χ2v) is 6.60. The lowest BCUT2D eigenvalue weighted by Crippen LogP contribution is -2.53. The van der Waals surface area contributed by atoms with Gasteiger partial charge in [0, 0.05) is 13.1 Å². The number of nitrogens with zero attached hydrogens (tertiary/aromatic N) is 1. The molecule has 20 heavy (non-hydrogen) atoms. The molecular formula is C16H32N2O2. The maximum atomic E-state index is 12.4. The standard InChI is InChI=1S/C16H32N2O2/c1-6-18(7-2)12-11-17-16(14(19)20-8-3)10-9-15(4,5)13-16/h17H,6-13H2,1-5H3. The van der Waals surface area contributed by atoms with Crippen LogP contribution < -0.4 is 5.32 Å². The first-order valence-corrected chi connectivity index (χ1v) is 8.03. The van der Waals surface area contributed by atoms with Gasteiger partial charge in [0.2, 0.25) is 0 Å². The largest absolute Gasteiger partial charge is 0.465 e. The Balaban J connectivity index is 2.63. The molecule has 0 aromatic rings. The van der Waals surface area contributed by atoms with Crippen LogP contribution in [0.2, 0.25) is 0 Å². The molecule has 1 saturated carbocycles. The second-order valence-electron chi connectivity index (χ2n) is 6.60. The molecule has 1 N–H and O–H groups in total. The molecule has 1 atom stereocenters. The highest BCUT2D eigenvalue weighted by Crippen LogP contribution is 2.44. The molecule has 0 aromatic heterocycles. The monoisotopic (exact) mass is 284 g/mol. The van der Waals surface area contributed by atoms with Gasteiger partial charge < -0.3 is 15.0 Å². The molecule has 1 fully saturated rings. The quantitative estimate of drug-likeness (QED) is 0.695. The van der Waals surface area contributed by atoms with Crippen LogP contribution in [0.3, 0.4) is 0 Å². The van der Waals surface area contributed by atoms with Crippen LogP contribution in [0.15, 0.2) is 0 Å². The molecule has 4 heteroatoms. The van der Waals surface area contributed by atoms with Gasteiger partial charge in [-0.1, -0.05) is 27.7 Å². The minimum absolute atomic E-state index is 0.0647. The van der Waals surface area contributed by atoms with Crippen molar-refractivity contribution in [3.05, 3.63) is 0 Å². The van der Waals surface area contributed by atoms with E-state index < -0.39 is 5.54 Å². The fraction of sp³-hybridized carbons (Fsp3) is 0.938. The lowest BCUT2D eigenvalue weighted by Gasteiger charge is -2.31. The van der Waals surface area contributed by atoms with E-state index in [4.69, 9.17) is 4.74 Å². The van der Waals surface area contributed by atoms with Gasteiger partial charge in [-0.15, -0.1) is 0 Å². The van der Waals surface area contributed by atoms with Crippen LogP contribution in [-0.2, 0) is 9.53 Å². The lowest BCUT2D eigenvalue weighted by atomic mass is 9.87. The zero-order valence-electron chi connectivity index (χ0n) is 13.9. The number of likely N-dealkylation sites (N-methyl/N-ethyl adjacent to an activating group) is 1. The SMILES string of the molecule is CCOC(=O)C1(NCCN(CC)CC)CCC(C)(C)C1. The summed E-state index contributed by atoms with van der Waals surface area (Å²) < 4.78 is 5.32. The van der Waals surface area contributed by atoms with Gasteiger partial charge in [0.05, 0.1) is 6.61 Å². The minimum Gasteiger partial charge on any atom is -0.465 e. The summed E-state index contributed by atoms with van der Waals surface area (Å²) in [4.78, 5) is 14.7. The summed E-state index contributed by atoms with van der Waals surface area (Å²) in [6.07, 6.45) is 2.83. The number of nitrogens with one attached hydrogen (secondary N) is 1. The van der Waals surface area contributed by atoms with Crippen molar-refractivity contribution in [1.29, 1.82) is 0 Å². The minimum atomic E-state index is -0.466. The number of esters is 1. The fourth-order valence-electron chi connectivity index (χ4n) is 3.21. The molecule has 0 amide bonds. The number of hydrogen-bond acceptors (Lipinski definition) is 4. The van der Waals surface area contributed by atoms with Crippen LogP contribution in [0, 0.1) is 5.41 Å². The van der Waals surface area contributed by atoms with E-state index in [0.29, 0.717) is 6.61 Å². The van der Waals surface area contributed by atoms with Crippen molar-refractivity contribution in [1.82, 2.24) is 10.2 Å². The van der Waals surface area contributed by atoms with Crippen molar-refractivity contribution in [3.63, 3.8) is 0 Å². The topological polar surface area (TPSA) is 41.6 Å². The van der Waals surface area contributed by atoms with E-state index in [2.05, 4.69) is 37.9 Å². The maximum absolute atomic E-state index is 12.4. The van der Waals surface area contributed by atoms with E-state index in [9.17, 15) is 4.79 Å². The predicted molar refractivity (Wildman–Crippen MR) is 82.8 cm³/mol. The first kappa shape index (κ1) is 17.4. The van der Waals surface area contributed by atoms with Gasteiger partial charge in [-0.25, -0.2) is 0 Å². The first-order chi connectivity index (χ1) is 9.39.